The van der Waals surface area contributed by atoms with Crippen molar-refractivity contribution in [1.29, 1.82) is 0 Å². The molecule has 3 rings (SSSR count). The maximum Gasteiger partial charge on any atom is 0.126 e. The van der Waals surface area contributed by atoms with E-state index in [1.807, 2.05) is 24.3 Å². The minimum atomic E-state index is 0.212. The van der Waals surface area contributed by atoms with Crippen molar-refractivity contribution in [3.63, 3.8) is 0 Å². The average molecular weight is 260 g/mol. The lowest BCUT2D eigenvalue weighted by Crippen LogP contribution is -2.11. The van der Waals surface area contributed by atoms with Crippen LogP contribution in [0, 0.1) is 0 Å². The van der Waals surface area contributed by atoms with Gasteiger partial charge < -0.3 is 10.5 Å². The van der Waals surface area contributed by atoms with Gasteiger partial charge in [-0.3, -0.25) is 0 Å². The van der Waals surface area contributed by atoms with Gasteiger partial charge in [0.05, 0.1) is 7.11 Å². The predicted octanol–water partition coefficient (Wildman–Crippen LogP) is 3.42. The lowest BCUT2D eigenvalue weighted by molar-refractivity contribution is 0.416. The second-order valence-electron chi connectivity index (χ2n) is 4.44. The quantitative estimate of drug-likeness (QED) is 0.897. The third kappa shape index (κ3) is 1.53. The highest BCUT2D eigenvalue weighted by molar-refractivity contribution is 6.30. The molecule has 0 heterocycles. The molecule has 3 heteroatoms. The summed E-state index contributed by atoms with van der Waals surface area (Å²) in [5.74, 6) is 1.11. The standard InChI is InChI=1S/C15H14ClNO/c1-18-14-4-2-3-10-13(8-17)12-7-9(16)5-6-11(12)15(10)14/h2-7,13H,8,17H2,1H3. The van der Waals surface area contributed by atoms with Crippen LogP contribution in [0.5, 0.6) is 5.75 Å². The fourth-order valence-electron chi connectivity index (χ4n) is 2.77. The molecule has 0 aromatic heterocycles. The Kier molecular flexibility index (Phi) is 2.77. The first-order valence-electron chi connectivity index (χ1n) is 5.93. The summed E-state index contributed by atoms with van der Waals surface area (Å²) < 4.78 is 5.46. The number of halogens is 1. The van der Waals surface area contributed by atoms with Crippen LogP contribution in [0.15, 0.2) is 36.4 Å². The Morgan fingerprint density at radius 2 is 2.06 bits per heavy atom. The fourth-order valence-corrected chi connectivity index (χ4v) is 2.95. The zero-order valence-corrected chi connectivity index (χ0v) is 10.9. The van der Waals surface area contributed by atoms with E-state index in [1.165, 1.54) is 16.7 Å². The summed E-state index contributed by atoms with van der Waals surface area (Å²) in [5, 5.41) is 0.749. The molecule has 0 saturated heterocycles. The molecule has 0 radical (unpaired) electrons. The Hall–Kier alpha value is -1.51. The fraction of sp³-hybridized carbons (Fsp3) is 0.200. The van der Waals surface area contributed by atoms with Gasteiger partial charge in [-0.15, -0.1) is 0 Å². The number of benzene rings is 2. The zero-order valence-electron chi connectivity index (χ0n) is 10.1. The first-order valence-corrected chi connectivity index (χ1v) is 6.31. The van der Waals surface area contributed by atoms with Crippen molar-refractivity contribution < 1.29 is 4.74 Å². The van der Waals surface area contributed by atoms with E-state index in [-0.39, 0.29) is 5.92 Å². The summed E-state index contributed by atoms with van der Waals surface area (Å²) in [6.45, 7) is 0.577. The lowest BCUT2D eigenvalue weighted by Gasteiger charge is -2.11. The Morgan fingerprint density at radius 1 is 1.22 bits per heavy atom. The van der Waals surface area contributed by atoms with E-state index in [0.717, 1.165) is 16.3 Å². The van der Waals surface area contributed by atoms with Gasteiger partial charge in [-0.2, -0.15) is 0 Å². The SMILES string of the molecule is COc1cccc2c1-c1ccc(Cl)cc1C2CN. The Balaban J connectivity index is 2.31. The molecule has 0 spiro atoms. The van der Waals surface area contributed by atoms with E-state index in [4.69, 9.17) is 22.1 Å². The highest BCUT2D eigenvalue weighted by Crippen LogP contribution is 2.49. The van der Waals surface area contributed by atoms with E-state index in [9.17, 15) is 0 Å². The Morgan fingerprint density at radius 3 is 2.78 bits per heavy atom. The van der Waals surface area contributed by atoms with Crippen molar-refractivity contribution in [2.24, 2.45) is 5.73 Å². The second kappa shape index (κ2) is 4.30. The predicted molar refractivity (Wildman–Crippen MR) is 74.3 cm³/mol. The van der Waals surface area contributed by atoms with E-state index in [2.05, 4.69) is 12.1 Å². The molecule has 0 saturated carbocycles. The number of fused-ring (bicyclic) bond motifs is 3. The van der Waals surface area contributed by atoms with Crippen molar-refractivity contribution in [2.45, 2.75) is 5.92 Å². The molecule has 1 unspecified atom stereocenters. The Bertz CT molecular complexity index is 607. The van der Waals surface area contributed by atoms with Gasteiger partial charge in [-0.1, -0.05) is 29.8 Å². The van der Waals surface area contributed by atoms with Crippen LogP contribution in [0.1, 0.15) is 17.0 Å². The monoisotopic (exact) mass is 259 g/mol. The number of nitrogens with two attached hydrogens (primary N) is 1. The molecule has 18 heavy (non-hydrogen) atoms. The van der Waals surface area contributed by atoms with Crippen LogP contribution >= 0.6 is 11.6 Å². The third-order valence-electron chi connectivity index (χ3n) is 3.55. The average Bonchev–Trinajstić information content (AvgIpc) is 2.71. The molecule has 2 aromatic rings. The summed E-state index contributed by atoms with van der Waals surface area (Å²) in [6, 6.07) is 12.1. The van der Waals surface area contributed by atoms with Gasteiger partial charge in [0.2, 0.25) is 0 Å². The van der Waals surface area contributed by atoms with E-state index in [0.29, 0.717) is 6.54 Å². The van der Waals surface area contributed by atoms with Crippen molar-refractivity contribution in [1.82, 2.24) is 0 Å². The molecule has 2 nitrogen and oxygen atoms in total. The molecule has 2 N–H and O–H groups in total. The molecular formula is C15H14ClNO. The van der Waals surface area contributed by atoms with Crippen LogP contribution in [0.2, 0.25) is 5.02 Å². The second-order valence-corrected chi connectivity index (χ2v) is 4.88. The molecule has 0 bridgehead atoms. The molecule has 0 aliphatic heterocycles. The van der Waals surface area contributed by atoms with Crippen LogP contribution in [0.25, 0.3) is 11.1 Å². The van der Waals surface area contributed by atoms with Gasteiger partial charge >= 0.3 is 0 Å². The Labute approximate surface area is 111 Å². The summed E-state index contributed by atoms with van der Waals surface area (Å²) in [5.41, 5.74) is 10.7. The maximum absolute atomic E-state index is 6.09. The van der Waals surface area contributed by atoms with Crippen LogP contribution in [0.3, 0.4) is 0 Å². The van der Waals surface area contributed by atoms with Gasteiger partial charge in [-0.05, 0) is 34.9 Å². The van der Waals surface area contributed by atoms with Crippen LogP contribution < -0.4 is 10.5 Å². The summed E-state index contributed by atoms with van der Waals surface area (Å²) in [7, 11) is 1.70. The van der Waals surface area contributed by atoms with Gasteiger partial charge in [0.15, 0.2) is 0 Å². The van der Waals surface area contributed by atoms with Gasteiger partial charge in [0.25, 0.3) is 0 Å². The number of hydrogen-bond donors (Lipinski definition) is 1. The van der Waals surface area contributed by atoms with Gasteiger partial charge in [-0.25, -0.2) is 0 Å². The first-order chi connectivity index (χ1) is 8.76. The first kappa shape index (κ1) is 11.6. The summed E-state index contributed by atoms with van der Waals surface area (Å²) >= 11 is 6.09. The van der Waals surface area contributed by atoms with Crippen molar-refractivity contribution in [3.8, 4) is 16.9 Å². The molecule has 92 valence electrons. The maximum atomic E-state index is 6.09. The van der Waals surface area contributed by atoms with Gasteiger partial charge in [0, 0.05) is 23.0 Å². The molecule has 1 atom stereocenters. The van der Waals surface area contributed by atoms with Crippen molar-refractivity contribution >= 4 is 11.6 Å². The molecule has 0 fully saturated rings. The minimum Gasteiger partial charge on any atom is -0.496 e. The highest BCUT2D eigenvalue weighted by atomic mass is 35.5. The topological polar surface area (TPSA) is 35.2 Å². The lowest BCUT2D eigenvalue weighted by atomic mass is 9.97. The summed E-state index contributed by atoms with van der Waals surface area (Å²) in [6.07, 6.45) is 0. The van der Waals surface area contributed by atoms with Crippen molar-refractivity contribution in [3.05, 3.63) is 52.5 Å². The largest absolute Gasteiger partial charge is 0.496 e. The van der Waals surface area contributed by atoms with Crippen LogP contribution in [0.4, 0.5) is 0 Å². The molecule has 0 amide bonds. The van der Waals surface area contributed by atoms with Gasteiger partial charge in [0.1, 0.15) is 5.75 Å². The number of hydrogen-bond acceptors (Lipinski definition) is 2. The van der Waals surface area contributed by atoms with E-state index >= 15 is 0 Å². The van der Waals surface area contributed by atoms with E-state index < -0.39 is 0 Å². The van der Waals surface area contributed by atoms with Crippen LogP contribution in [-0.4, -0.2) is 13.7 Å². The summed E-state index contributed by atoms with van der Waals surface area (Å²) in [4.78, 5) is 0. The normalized spacial score (nSPS) is 16.3. The number of ether oxygens (including phenoxy) is 1. The number of rotatable bonds is 2. The smallest absolute Gasteiger partial charge is 0.126 e. The zero-order chi connectivity index (χ0) is 12.7. The molecule has 2 aromatic carbocycles. The van der Waals surface area contributed by atoms with Crippen molar-refractivity contribution in [2.75, 3.05) is 13.7 Å². The molecule has 1 aliphatic carbocycles. The molecular weight excluding hydrogens is 246 g/mol. The molecule has 1 aliphatic rings. The number of methoxy groups -OCH3 is 1. The third-order valence-corrected chi connectivity index (χ3v) is 3.78. The van der Waals surface area contributed by atoms with Crippen LogP contribution in [-0.2, 0) is 0 Å². The van der Waals surface area contributed by atoms with E-state index in [1.54, 1.807) is 7.11 Å². The highest BCUT2D eigenvalue weighted by Gasteiger charge is 2.30. The minimum absolute atomic E-state index is 0.212.